The van der Waals surface area contributed by atoms with Gasteiger partial charge < -0.3 is 9.84 Å². The zero-order valence-electron chi connectivity index (χ0n) is 13.2. The molecule has 1 N–H and O–H groups in total. The predicted octanol–water partition coefficient (Wildman–Crippen LogP) is 1.58. The van der Waals surface area contributed by atoms with Crippen LogP contribution < -0.4 is 5.32 Å². The van der Waals surface area contributed by atoms with E-state index in [9.17, 15) is 0 Å². The first-order valence-corrected chi connectivity index (χ1v) is 7.94. The lowest BCUT2D eigenvalue weighted by molar-refractivity contribution is 0.157. The summed E-state index contributed by atoms with van der Waals surface area (Å²) in [7, 11) is 0. The molecule has 7 heteroatoms. The average molecular weight is 312 g/mol. The number of nitrogens with one attached hydrogen (secondary N) is 1. The SMILES string of the molecule is CCN(Cc1noc(-c2ccnc(C#N)c2)n1)C1CCNCC1. The highest BCUT2D eigenvalue weighted by molar-refractivity contribution is 5.53. The van der Waals surface area contributed by atoms with Crippen LogP contribution in [0.15, 0.2) is 22.9 Å². The first-order valence-electron chi connectivity index (χ1n) is 7.94. The molecule has 3 heterocycles. The summed E-state index contributed by atoms with van der Waals surface area (Å²) >= 11 is 0. The Bertz CT molecular complexity index is 686. The fraction of sp³-hybridized carbons (Fsp3) is 0.500. The van der Waals surface area contributed by atoms with Crippen LogP contribution in [0.25, 0.3) is 11.5 Å². The second kappa shape index (κ2) is 7.31. The highest BCUT2D eigenvalue weighted by atomic mass is 16.5. The lowest BCUT2D eigenvalue weighted by Gasteiger charge is -2.32. The van der Waals surface area contributed by atoms with E-state index in [4.69, 9.17) is 9.78 Å². The maximum absolute atomic E-state index is 8.92. The van der Waals surface area contributed by atoms with E-state index in [1.54, 1.807) is 18.3 Å². The average Bonchev–Trinajstić information content (AvgIpc) is 3.09. The van der Waals surface area contributed by atoms with Crippen LogP contribution in [-0.4, -0.2) is 45.7 Å². The number of nitrogens with zero attached hydrogens (tertiary/aromatic N) is 5. The minimum atomic E-state index is 0.340. The van der Waals surface area contributed by atoms with Gasteiger partial charge in [-0.25, -0.2) is 4.98 Å². The van der Waals surface area contributed by atoms with Crippen molar-refractivity contribution in [2.75, 3.05) is 19.6 Å². The third-order valence-corrected chi connectivity index (χ3v) is 4.17. The van der Waals surface area contributed by atoms with Gasteiger partial charge in [-0.15, -0.1) is 0 Å². The third-order valence-electron chi connectivity index (χ3n) is 4.17. The minimum absolute atomic E-state index is 0.340. The Morgan fingerprint density at radius 1 is 1.43 bits per heavy atom. The van der Waals surface area contributed by atoms with E-state index >= 15 is 0 Å². The highest BCUT2D eigenvalue weighted by Gasteiger charge is 2.21. The molecular weight excluding hydrogens is 292 g/mol. The molecule has 0 aromatic carbocycles. The van der Waals surface area contributed by atoms with Gasteiger partial charge in [0.15, 0.2) is 5.82 Å². The van der Waals surface area contributed by atoms with Gasteiger partial charge in [-0.2, -0.15) is 10.2 Å². The normalized spacial score (nSPS) is 15.7. The van der Waals surface area contributed by atoms with E-state index in [-0.39, 0.29) is 0 Å². The number of pyridine rings is 1. The predicted molar refractivity (Wildman–Crippen MR) is 84.2 cm³/mol. The van der Waals surface area contributed by atoms with Crippen LogP contribution >= 0.6 is 0 Å². The van der Waals surface area contributed by atoms with E-state index in [0.29, 0.717) is 30.0 Å². The molecule has 0 unspecified atom stereocenters. The smallest absolute Gasteiger partial charge is 0.258 e. The van der Waals surface area contributed by atoms with Crippen LogP contribution in [0.2, 0.25) is 0 Å². The molecule has 2 aromatic rings. The van der Waals surface area contributed by atoms with Gasteiger partial charge in [0, 0.05) is 17.8 Å². The fourth-order valence-corrected chi connectivity index (χ4v) is 2.91. The van der Waals surface area contributed by atoms with Crippen LogP contribution in [0, 0.1) is 11.3 Å². The summed E-state index contributed by atoms with van der Waals surface area (Å²) in [4.78, 5) is 10.8. The fourth-order valence-electron chi connectivity index (χ4n) is 2.91. The number of piperidine rings is 1. The Kier molecular flexibility index (Phi) is 4.95. The Hall–Kier alpha value is -2.30. The first-order chi connectivity index (χ1) is 11.3. The summed E-state index contributed by atoms with van der Waals surface area (Å²) in [6.07, 6.45) is 3.87. The van der Waals surface area contributed by atoms with E-state index in [0.717, 1.165) is 38.0 Å². The van der Waals surface area contributed by atoms with E-state index in [2.05, 4.69) is 32.3 Å². The molecule has 1 fully saturated rings. The van der Waals surface area contributed by atoms with Gasteiger partial charge in [-0.1, -0.05) is 12.1 Å². The molecule has 1 saturated heterocycles. The van der Waals surface area contributed by atoms with Crippen LogP contribution in [-0.2, 0) is 6.54 Å². The Morgan fingerprint density at radius 3 is 3.00 bits per heavy atom. The summed E-state index contributed by atoms with van der Waals surface area (Å²) in [6, 6.07) is 6.00. The molecular formula is C16H20N6O. The number of rotatable bonds is 5. The summed E-state index contributed by atoms with van der Waals surface area (Å²) in [5, 5.41) is 16.4. The lowest BCUT2D eigenvalue weighted by atomic mass is 10.0. The number of hydrogen-bond acceptors (Lipinski definition) is 7. The van der Waals surface area contributed by atoms with Gasteiger partial charge in [-0.3, -0.25) is 4.90 Å². The summed E-state index contributed by atoms with van der Waals surface area (Å²) < 4.78 is 5.35. The van der Waals surface area contributed by atoms with E-state index < -0.39 is 0 Å². The molecule has 0 bridgehead atoms. The van der Waals surface area contributed by atoms with Gasteiger partial charge >= 0.3 is 0 Å². The number of aromatic nitrogens is 3. The van der Waals surface area contributed by atoms with Gasteiger partial charge in [-0.05, 0) is 44.6 Å². The summed E-state index contributed by atoms with van der Waals surface area (Å²) in [6.45, 7) is 5.92. The lowest BCUT2D eigenvalue weighted by Crippen LogP contribution is -2.42. The second-order valence-corrected chi connectivity index (χ2v) is 5.60. The van der Waals surface area contributed by atoms with Crippen molar-refractivity contribution < 1.29 is 4.52 Å². The maximum atomic E-state index is 8.92. The Balaban J connectivity index is 1.72. The molecule has 0 aliphatic carbocycles. The van der Waals surface area contributed by atoms with Crippen molar-refractivity contribution in [3.8, 4) is 17.5 Å². The molecule has 1 aliphatic rings. The molecule has 23 heavy (non-hydrogen) atoms. The molecule has 3 rings (SSSR count). The quantitative estimate of drug-likeness (QED) is 0.896. The van der Waals surface area contributed by atoms with Crippen molar-refractivity contribution in [1.29, 1.82) is 5.26 Å². The number of nitriles is 1. The standard InChI is InChI=1S/C16H20N6O/c1-2-22(14-4-6-18-7-5-14)11-15-20-16(23-21-15)12-3-8-19-13(9-12)10-17/h3,8-9,14,18H,2,4-7,11H2,1H3. The molecule has 0 radical (unpaired) electrons. The van der Waals surface area contributed by atoms with E-state index in [1.165, 1.54) is 0 Å². The van der Waals surface area contributed by atoms with Crippen LogP contribution in [0.4, 0.5) is 0 Å². The van der Waals surface area contributed by atoms with Crippen molar-refractivity contribution >= 4 is 0 Å². The molecule has 2 aromatic heterocycles. The van der Waals surface area contributed by atoms with Crippen molar-refractivity contribution in [2.45, 2.75) is 32.4 Å². The van der Waals surface area contributed by atoms with Gasteiger partial charge in [0.2, 0.25) is 0 Å². The highest BCUT2D eigenvalue weighted by Crippen LogP contribution is 2.19. The van der Waals surface area contributed by atoms with Crippen molar-refractivity contribution in [2.24, 2.45) is 0 Å². The number of hydrogen-bond donors (Lipinski definition) is 1. The first kappa shape index (κ1) is 15.6. The van der Waals surface area contributed by atoms with E-state index in [1.807, 2.05) is 6.07 Å². The van der Waals surface area contributed by atoms with Gasteiger partial charge in [0.1, 0.15) is 11.8 Å². The van der Waals surface area contributed by atoms with Crippen molar-refractivity contribution in [3.63, 3.8) is 0 Å². The molecule has 0 saturated carbocycles. The molecule has 0 atom stereocenters. The van der Waals surface area contributed by atoms with Crippen LogP contribution in [0.3, 0.4) is 0 Å². The Morgan fingerprint density at radius 2 is 2.26 bits per heavy atom. The summed E-state index contributed by atoms with van der Waals surface area (Å²) in [5.41, 5.74) is 1.06. The molecule has 120 valence electrons. The summed E-state index contributed by atoms with van der Waals surface area (Å²) in [5.74, 6) is 1.11. The largest absolute Gasteiger partial charge is 0.334 e. The van der Waals surface area contributed by atoms with Crippen molar-refractivity contribution in [1.82, 2.24) is 25.3 Å². The van der Waals surface area contributed by atoms with Gasteiger partial charge in [0.25, 0.3) is 5.89 Å². The maximum Gasteiger partial charge on any atom is 0.258 e. The zero-order valence-corrected chi connectivity index (χ0v) is 13.2. The topological polar surface area (TPSA) is 90.9 Å². The molecule has 1 aliphatic heterocycles. The molecule has 0 amide bonds. The molecule has 0 spiro atoms. The van der Waals surface area contributed by atoms with Crippen molar-refractivity contribution in [3.05, 3.63) is 29.8 Å². The third kappa shape index (κ3) is 3.73. The monoisotopic (exact) mass is 312 g/mol. The zero-order chi connectivity index (χ0) is 16.1. The van der Waals surface area contributed by atoms with Gasteiger partial charge in [0.05, 0.1) is 6.54 Å². The minimum Gasteiger partial charge on any atom is -0.334 e. The van der Waals surface area contributed by atoms with Crippen LogP contribution in [0.5, 0.6) is 0 Å². The second-order valence-electron chi connectivity index (χ2n) is 5.60. The van der Waals surface area contributed by atoms with Crippen LogP contribution in [0.1, 0.15) is 31.3 Å². The Labute approximate surface area is 135 Å². The molecule has 7 nitrogen and oxygen atoms in total.